The van der Waals surface area contributed by atoms with E-state index in [4.69, 9.17) is 5.26 Å². The zero-order chi connectivity index (χ0) is 12.3. The van der Waals surface area contributed by atoms with E-state index < -0.39 is 0 Å². The van der Waals surface area contributed by atoms with Gasteiger partial charge in [-0.25, -0.2) is 4.39 Å². The Morgan fingerprint density at radius 2 is 1.71 bits per heavy atom. The molecule has 0 unspecified atom stereocenters. The molecule has 84 valence electrons. The van der Waals surface area contributed by atoms with Crippen LogP contribution in [0.15, 0.2) is 42.5 Å². The molecule has 0 aromatic heterocycles. The summed E-state index contributed by atoms with van der Waals surface area (Å²) in [5.41, 5.74) is 3.28. The van der Waals surface area contributed by atoms with Gasteiger partial charge >= 0.3 is 0 Å². The molecule has 0 atom stereocenters. The van der Waals surface area contributed by atoms with Gasteiger partial charge in [-0.3, -0.25) is 0 Å². The van der Waals surface area contributed by atoms with E-state index >= 15 is 0 Å². The van der Waals surface area contributed by atoms with Crippen molar-refractivity contribution in [3.8, 4) is 6.07 Å². The largest absolute Gasteiger partial charge is 0.356 e. The molecule has 0 saturated heterocycles. The first-order valence-corrected chi connectivity index (χ1v) is 5.22. The van der Waals surface area contributed by atoms with Crippen molar-refractivity contribution in [3.05, 3.63) is 59.4 Å². The Hall–Kier alpha value is -2.34. The van der Waals surface area contributed by atoms with Crippen molar-refractivity contribution in [2.45, 2.75) is 6.92 Å². The average molecular weight is 226 g/mol. The van der Waals surface area contributed by atoms with Crippen LogP contribution in [0.4, 0.5) is 15.8 Å². The highest BCUT2D eigenvalue weighted by Gasteiger charge is 1.99. The second-order valence-electron chi connectivity index (χ2n) is 3.77. The minimum atomic E-state index is -0.258. The third-order valence-electron chi connectivity index (χ3n) is 2.48. The number of rotatable bonds is 2. The van der Waals surface area contributed by atoms with Gasteiger partial charge in [0.05, 0.1) is 11.6 Å². The summed E-state index contributed by atoms with van der Waals surface area (Å²) in [7, 11) is 0. The molecule has 0 aliphatic heterocycles. The van der Waals surface area contributed by atoms with E-state index in [1.54, 1.807) is 18.2 Å². The molecular formula is C14H11FN2. The molecule has 2 aromatic rings. The van der Waals surface area contributed by atoms with Gasteiger partial charge in [0.2, 0.25) is 0 Å². The third-order valence-corrected chi connectivity index (χ3v) is 2.48. The molecule has 0 spiro atoms. The number of anilines is 2. The van der Waals surface area contributed by atoms with Crippen LogP contribution < -0.4 is 5.32 Å². The lowest BCUT2D eigenvalue weighted by atomic mass is 10.1. The lowest BCUT2D eigenvalue weighted by molar-refractivity contribution is 0.628. The lowest BCUT2D eigenvalue weighted by Crippen LogP contribution is -1.92. The molecular weight excluding hydrogens is 215 g/mol. The molecule has 0 saturated carbocycles. The molecule has 0 fully saturated rings. The van der Waals surface area contributed by atoms with Crippen molar-refractivity contribution in [3.63, 3.8) is 0 Å². The SMILES string of the molecule is Cc1cc(Nc2ccc(F)cc2)ccc1C#N. The lowest BCUT2D eigenvalue weighted by Gasteiger charge is -2.07. The smallest absolute Gasteiger partial charge is 0.123 e. The zero-order valence-corrected chi connectivity index (χ0v) is 9.37. The minimum absolute atomic E-state index is 0.258. The fourth-order valence-electron chi connectivity index (χ4n) is 1.57. The number of nitriles is 1. The fraction of sp³-hybridized carbons (Fsp3) is 0.0714. The van der Waals surface area contributed by atoms with Crippen LogP contribution in [0, 0.1) is 24.1 Å². The van der Waals surface area contributed by atoms with E-state index in [9.17, 15) is 4.39 Å². The molecule has 3 heteroatoms. The summed E-state index contributed by atoms with van der Waals surface area (Å²) < 4.78 is 12.7. The van der Waals surface area contributed by atoms with Gasteiger partial charge in [0.15, 0.2) is 0 Å². The first-order chi connectivity index (χ1) is 8.19. The van der Waals surface area contributed by atoms with Crippen LogP contribution in [0.3, 0.4) is 0 Å². The van der Waals surface area contributed by atoms with E-state index in [-0.39, 0.29) is 5.82 Å². The van der Waals surface area contributed by atoms with Crippen molar-refractivity contribution >= 4 is 11.4 Å². The molecule has 0 aliphatic carbocycles. The average Bonchev–Trinajstić information content (AvgIpc) is 2.32. The zero-order valence-electron chi connectivity index (χ0n) is 9.37. The molecule has 17 heavy (non-hydrogen) atoms. The van der Waals surface area contributed by atoms with Gasteiger partial charge in [0.1, 0.15) is 5.82 Å². The van der Waals surface area contributed by atoms with Crippen LogP contribution >= 0.6 is 0 Å². The predicted octanol–water partition coefficient (Wildman–Crippen LogP) is 3.75. The number of nitrogens with zero attached hydrogens (tertiary/aromatic N) is 1. The van der Waals surface area contributed by atoms with Gasteiger partial charge in [-0.1, -0.05) is 0 Å². The number of aryl methyl sites for hydroxylation is 1. The Balaban J connectivity index is 2.22. The van der Waals surface area contributed by atoms with Gasteiger partial charge in [-0.15, -0.1) is 0 Å². The van der Waals surface area contributed by atoms with Crippen molar-refractivity contribution in [2.75, 3.05) is 5.32 Å². The van der Waals surface area contributed by atoms with Crippen molar-refractivity contribution in [1.82, 2.24) is 0 Å². The monoisotopic (exact) mass is 226 g/mol. The molecule has 0 bridgehead atoms. The van der Waals surface area contributed by atoms with Gasteiger partial charge in [0.25, 0.3) is 0 Å². The maximum absolute atomic E-state index is 12.7. The molecule has 0 aliphatic rings. The molecule has 2 nitrogen and oxygen atoms in total. The van der Waals surface area contributed by atoms with Crippen molar-refractivity contribution < 1.29 is 4.39 Å². The minimum Gasteiger partial charge on any atom is -0.356 e. The second kappa shape index (κ2) is 4.67. The van der Waals surface area contributed by atoms with Crippen LogP contribution in [0.2, 0.25) is 0 Å². The summed E-state index contributed by atoms with van der Waals surface area (Å²) in [5.74, 6) is -0.258. The number of benzene rings is 2. The maximum Gasteiger partial charge on any atom is 0.123 e. The van der Waals surface area contributed by atoms with Gasteiger partial charge in [0, 0.05) is 11.4 Å². The number of hydrogen-bond acceptors (Lipinski definition) is 2. The van der Waals surface area contributed by atoms with E-state index in [1.807, 2.05) is 19.1 Å². The Kier molecular flexibility index (Phi) is 3.06. The van der Waals surface area contributed by atoms with Crippen molar-refractivity contribution in [1.29, 1.82) is 5.26 Å². The Labute approximate surface area is 99.3 Å². The number of halogens is 1. The second-order valence-corrected chi connectivity index (χ2v) is 3.77. The predicted molar refractivity (Wildman–Crippen MR) is 65.6 cm³/mol. The normalized spacial score (nSPS) is 9.71. The Morgan fingerprint density at radius 3 is 2.29 bits per heavy atom. The summed E-state index contributed by atoms with van der Waals surface area (Å²) in [5, 5.41) is 12.0. The standard InChI is InChI=1S/C14H11FN2/c1-10-8-14(5-2-11(10)9-16)17-13-6-3-12(15)4-7-13/h2-8,17H,1H3. The third kappa shape index (κ3) is 2.61. The van der Waals surface area contributed by atoms with E-state index in [2.05, 4.69) is 11.4 Å². The Morgan fingerprint density at radius 1 is 1.06 bits per heavy atom. The maximum atomic E-state index is 12.7. The van der Waals surface area contributed by atoms with E-state index in [1.165, 1.54) is 12.1 Å². The molecule has 1 N–H and O–H groups in total. The summed E-state index contributed by atoms with van der Waals surface area (Å²) in [6, 6.07) is 13.7. The molecule has 2 aromatic carbocycles. The van der Waals surface area contributed by atoms with Crippen LogP contribution in [0.25, 0.3) is 0 Å². The van der Waals surface area contributed by atoms with Crippen LogP contribution in [-0.2, 0) is 0 Å². The van der Waals surface area contributed by atoms with Crippen molar-refractivity contribution in [2.24, 2.45) is 0 Å². The fourth-order valence-corrected chi connectivity index (χ4v) is 1.57. The first kappa shape index (κ1) is 11.2. The van der Waals surface area contributed by atoms with Crippen LogP contribution in [0.1, 0.15) is 11.1 Å². The van der Waals surface area contributed by atoms with E-state index in [0.29, 0.717) is 5.56 Å². The first-order valence-electron chi connectivity index (χ1n) is 5.22. The molecule has 2 rings (SSSR count). The highest BCUT2D eigenvalue weighted by Crippen LogP contribution is 2.19. The van der Waals surface area contributed by atoms with Gasteiger partial charge < -0.3 is 5.32 Å². The summed E-state index contributed by atoms with van der Waals surface area (Å²) in [6.45, 7) is 1.88. The highest BCUT2D eigenvalue weighted by atomic mass is 19.1. The highest BCUT2D eigenvalue weighted by molar-refractivity contribution is 5.61. The summed E-state index contributed by atoms with van der Waals surface area (Å²) >= 11 is 0. The number of nitrogens with one attached hydrogen (secondary N) is 1. The van der Waals surface area contributed by atoms with Crippen LogP contribution in [0.5, 0.6) is 0 Å². The van der Waals surface area contributed by atoms with Crippen LogP contribution in [-0.4, -0.2) is 0 Å². The molecule has 0 amide bonds. The topological polar surface area (TPSA) is 35.8 Å². The van der Waals surface area contributed by atoms with Gasteiger partial charge in [-0.2, -0.15) is 5.26 Å². The summed E-state index contributed by atoms with van der Waals surface area (Å²) in [6.07, 6.45) is 0. The molecule has 0 radical (unpaired) electrons. The van der Waals surface area contributed by atoms with E-state index in [0.717, 1.165) is 16.9 Å². The summed E-state index contributed by atoms with van der Waals surface area (Å²) in [4.78, 5) is 0. The van der Waals surface area contributed by atoms with Gasteiger partial charge in [-0.05, 0) is 55.0 Å². The Bertz CT molecular complexity index is 568. The molecule has 0 heterocycles. The number of hydrogen-bond donors (Lipinski definition) is 1. The quantitative estimate of drug-likeness (QED) is 0.846.